The van der Waals surface area contributed by atoms with E-state index in [1.54, 1.807) is 0 Å². The van der Waals surface area contributed by atoms with E-state index in [-0.39, 0.29) is 22.6 Å². The summed E-state index contributed by atoms with van der Waals surface area (Å²) in [7, 11) is 0. The van der Waals surface area contributed by atoms with E-state index in [1.165, 1.54) is 0 Å². The smallest absolute Gasteiger partial charge is 0.248 e. The van der Waals surface area contributed by atoms with E-state index in [1.807, 2.05) is 23.1 Å². The van der Waals surface area contributed by atoms with Gasteiger partial charge in [0.1, 0.15) is 6.61 Å². The summed E-state index contributed by atoms with van der Waals surface area (Å²) < 4.78 is 0. The van der Waals surface area contributed by atoms with Gasteiger partial charge in [-0.05, 0) is 60.0 Å². The van der Waals surface area contributed by atoms with Crippen molar-refractivity contribution in [3.63, 3.8) is 0 Å². The number of nitrogens with zero attached hydrogens (tertiary/aromatic N) is 2. The summed E-state index contributed by atoms with van der Waals surface area (Å²) in [5.74, 6) is 0.300. The van der Waals surface area contributed by atoms with E-state index in [0.29, 0.717) is 36.0 Å². The molecule has 2 saturated heterocycles. The minimum atomic E-state index is -0.424. The molecular formula is C26H39N3O3. The van der Waals surface area contributed by atoms with Gasteiger partial charge < -0.3 is 15.7 Å². The summed E-state index contributed by atoms with van der Waals surface area (Å²) in [6, 6.07) is 8.71. The normalized spacial score (nSPS) is 28.5. The molecular weight excluding hydrogens is 402 g/mol. The lowest BCUT2D eigenvalue weighted by Gasteiger charge is -2.40. The van der Waals surface area contributed by atoms with Gasteiger partial charge in [-0.25, -0.2) is 0 Å². The first kappa shape index (κ1) is 23.2. The maximum absolute atomic E-state index is 12.5. The number of hydrogen-bond acceptors (Lipinski definition) is 4. The van der Waals surface area contributed by atoms with E-state index >= 15 is 0 Å². The first-order chi connectivity index (χ1) is 15.1. The minimum Gasteiger partial charge on any atom is -0.387 e. The quantitative estimate of drug-likeness (QED) is 0.649. The molecule has 1 aliphatic carbocycles. The van der Waals surface area contributed by atoms with Crippen LogP contribution in [0.3, 0.4) is 0 Å². The zero-order valence-corrected chi connectivity index (χ0v) is 20.0. The Bertz CT molecular complexity index is 853. The molecule has 32 heavy (non-hydrogen) atoms. The van der Waals surface area contributed by atoms with E-state index in [0.717, 1.165) is 44.3 Å². The Kier molecular flexibility index (Phi) is 6.14. The number of aliphatic hydroxyl groups excluding tert-OH is 1. The number of hydrogen-bond donors (Lipinski definition) is 2. The number of carbonyl (C=O) groups is 2. The Hall–Kier alpha value is -1.92. The SMILES string of the molecule is CC1(C)C(CN(CCN2C3CCC2CC(c2ccccc2C(N)=O)C3)C(=O)CO)C1(C)C. The molecule has 1 aromatic rings. The van der Waals surface area contributed by atoms with Gasteiger partial charge in [0.25, 0.3) is 0 Å². The Balaban J connectivity index is 1.41. The van der Waals surface area contributed by atoms with Gasteiger partial charge in [0.15, 0.2) is 0 Å². The second-order valence-electron chi connectivity index (χ2n) is 11.2. The fourth-order valence-corrected chi connectivity index (χ4v) is 6.63. The third-order valence-electron chi connectivity index (χ3n) is 9.39. The molecule has 3 aliphatic rings. The third kappa shape index (κ3) is 3.96. The van der Waals surface area contributed by atoms with Gasteiger partial charge >= 0.3 is 0 Å². The molecule has 4 rings (SSSR count). The molecule has 1 saturated carbocycles. The average Bonchev–Trinajstić information content (AvgIpc) is 3.02. The second-order valence-corrected chi connectivity index (χ2v) is 11.2. The van der Waals surface area contributed by atoms with Crippen molar-refractivity contribution in [3.8, 4) is 0 Å². The van der Waals surface area contributed by atoms with Gasteiger partial charge in [0.2, 0.25) is 11.8 Å². The lowest BCUT2D eigenvalue weighted by Crippen LogP contribution is -2.48. The van der Waals surface area contributed by atoms with Crippen molar-refractivity contribution in [2.24, 2.45) is 22.5 Å². The molecule has 0 radical (unpaired) electrons. The Morgan fingerprint density at radius 2 is 1.69 bits per heavy atom. The first-order valence-corrected chi connectivity index (χ1v) is 12.1. The summed E-state index contributed by atoms with van der Waals surface area (Å²) >= 11 is 0. The highest BCUT2D eigenvalue weighted by molar-refractivity contribution is 5.94. The maximum atomic E-state index is 12.5. The molecule has 6 heteroatoms. The lowest BCUT2D eigenvalue weighted by atomic mass is 9.82. The molecule has 3 N–H and O–H groups in total. The zero-order chi connectivity index (χ0) is 23.3. The van der Waals surface area contributed by atoms with Gasteiger partial charge in [-0.15, -0.1) is 0 Å². The monoisotopic (exact) mass is 441 g/mol. The summed E-state index contributed by atoms with van der Waals surface area (Å²) in [5, 5.41) is 9.54. The Morgan fingerprint density at radius 1 is 1.09 bits per heavy atom. The molecule has 6 nitrogen and oxygen atoms in total. The van der Waals surface area contributed by atoms with Gasteiger partial charge in [0, 0.05) is 37.3 Å². The van der Waals surface area contributed by atoms with Crippen LogP contribution in [0.2, 0.25) is 0 Å². The topological polar surface area (TPSA) is 86.9 Å². The predicted molar refractivity (Wildman–Crippen MR) is 125 cm³/mol. The van der Waals surface area contributed by atoms with Gasteiger partial charge in [0.05, 0.1) is 0 Å². The lowest BCUT2D eigenvalue weighted by molar-refractivity contribution is -0.135. The molecule has 0 aromatic heterocycles. The van der Waals surface area contributed by atoms with Crippen LogP contribution < -0.4 is 5.73 Å². The number of aliphatic hydroxyl groups is 1. The number of fused-ring (bicyclic) bond motifs is 2. The number of amides is 2. The van der Waals surface area contributed by atoms with E-state index < -0.39 is 6.61 Å². The highest BCUT2D eigenvalue weighted by atomic mass is 16.3. The van der Waals surface area contributed by atoms with Crippen LogP contribution in [0.15, 0.2) is 24.3 Å². The molecule has 176 valence electrons. The second kappa shape index (κ2) is 8.45. The van der Waals surface area contributed by atoms with Crippen molar-refractivity contribution in [1.82, 2.24) is 9.80 Å². The molecule has 3 fully saturated rings. The van der Waals surface area contributed by atoms with Crippen LogP contribution in [0.4, 0.5) is 0 Å². The number of benzene rings is 1. The van der Waals surface area contributed by atoms with Crippen LogP contribution in [0.5, 0.6) is 0 Å². The Labute approximate surface area is 192 Å². The van der Waals surface area contributed by atoms with Crippen molar-refractivity contribution in [2.45, 2.75) is 71.4 Å². The minimum absolute atomic E-state index is 0.166. The van der Waals surface area contributed by atoms with Crippen molar-refractivity contribution in [2.75, 3.05) is 26.2 Å². The van der Waals surface area contributed by atoms with Crippen LogP contribution >= 0.6 is 0 Å². The van der Waals surface area contributed by atoms with Crippen molar-refractivity contribution >= 4 is 11.8 Å². The van der Waals surface area contributed by atoms with Crippen LogP contribution in [0.1, 0.15) is 75.2 Å². The maximum Gasteiger partial charge on any atom is 0.248 e. The number of carbonyl (C=O) groups excluding carboxylic acids is 2. The average molecular weight is 442 g/mol. The first-order valence-electron chi connectivity index (χ1n) is 12.1. The Morgan fingerprint density at radius 3 is 2.22 bits per heavy atom. The highest BCUT2D eigenvalue weighted by Crippen LogP contribution is 2.68. The molecule has 2 bridgehead atoms. The zero-order valence-electron chi connectivity index (χ0n) is 20.0. The van der Waals surface area contributed by atoms with Crippen molar-refractivity contribution in [3.05, 3.63) is 35.4 Å². The fourth-order valence-electron chi connectivity index (χ4n) is 6.63. The molecule has 2 heterocycles. The van der Waals surface area contributed by atoms with E-state index in [9.17, 15) is 14.7 Å². The summed E-state index contributed by atoms with van der Waals surface area (Å²) in [4.78, 5) is 28.9. The third-order valence-corrected chi connectivity index (χ3v) is 9.39. The number of piperidine rings is 1. The molecule has 2 atom stereocenters. The van der Waals surface area contributed by atoms with Gasteiger partial charge in [-0.3, -0.25) is 14.5 Å². The van der Waals surface area contributed by atoms with Gasteiger partial charge in [-0.1, -0.05) is 45.9 Å². The fraction of sp³-hybridized carbons (Fsp3) is 0.692. The van der Waals surface area contributed by atoms with Gasteiger partial charge in [-0.2, -0.15) is 0 Å². The van der Waals surface area contributed by atoms with Crippen LogP contribution in [-0.4, -0.2) is 65.0 Å². The predicted octanol–water partition coefficient (Wildman–Crippen LogP) is 3.00. The number of rotatable bonds is 8. The van der Waals surface area contributed by atoms with Crippen molar-refractivity contribution in [1.29, 1.82) is 0 Å². The molecule has 2 aliphatic heterocycles. The number of nitrogens with two attached hydrogens (primary N) is 1. The van der Waals surface area contributed by atoms with E-state index in [4.69, 9.17) is 5.73 Å². The van der Waals surface area contributed by atoms with Crippen LogP contribution in [0, 0.1) is 16.7 Å². The van der Waals surface area contributed by atoms with Crippen LogP contribution in [-0.2, 0) is 4.79 Å². The van der Waals surface area contributed by atoms with E-state index in [2.05, 4.69) is 38.7 Å². The highest BCUT2D eigenvalue weighted by Gasteiger charge is 2.64. The molecule has 2 unspecified atom stereocenters. The largest absolute Gasteiger partial charge is 0.387 e. The molecule has 0 spiro atoms. The summed E-state index contributed by atoms with van der Waals surface area (Å²) in [6.45, 7) is 10.9. The standard InChI is InChI=1S/C26H39N3O3/c1-25(2)22(26(25,3)4)15-28(23(31)16-30)11-12-29-18-9-10-19(29)14-17(13-18)20-7-5-6-8-21(20)24(27)32/h5-8,17-19,22,30H,9-16H2,1-4H3,(H2,27,32). The summed E-state index contributed by atoms with van der Waals surface area (Å²) in [6.07, 6.45) is 4.38. The molecule has 2 amide bonds. The van der Waals surface area contributed by atoms with Crippen molar-refractivity contribution < 1.29 is 14.7 Å². The number of primary amides is 1. The molecule has 1 aromatic carbocycles. The van der Waals surface area contributed by atoms with Crippen LogP contribution in [0.25, 0.3) is 0 Å². The summed E-state index contributed by atoms with van der Waals surface area (Å²) in [5.41, 5.74) is 7.80.